The van der Waals surface area contributed by atoms with Gasteiger partial charge in [0.2, 0.25) is 0 Å². The van der Waals surface area contributed by atoms with Crippen LogP contribution in [0, 0.1) is 5.92 Å². The first-order valence-corrected chi connectivity index (χ1v) is 5.49. The number of rotatable bonds is 4. The Morgan fingerprint density at radius 3 is 1.15 bits per heavy atom. The molecule has 0 fully saturated rings. The van der Waals surface area contributed by atoms with E-state index in [1.165, 1.54) is 0 Å². The summed E-state index contributed by atoms with van der Waals surface area (Å²) < 4.78 is 0. The maximum atomic E-state index is 2.59. The predicted octanol–water partition coefficient (Wildman–Crippen LogP) is 3.54. The molecule has 0 heterocycles. The topological polar surface area (TPSA) is 3.24 Å². The van der Waals surface area contributed by atoms with E-state index >= 15 is 0 Å². The standard InChI is InChI=1S/C12H27N/c1-9(2)12(7,8)13(10(3)4)11(5)6/h9-11H,1-8H3. The summed E-state index contributed by atoms with van der Waals surface area (Å²) >= 11 is 0. The molecule has 0 atom stereocenters. The monoisotopic (exact) mass is 185 g/mol. The molecule has 0 N–H and O–H groups in total. The molecule has 0 amide bonds. The van der Waals surface area contributed by atoms with E-state index in [0.29, 0.717) is 23.5 Å². The third-order valence-corrected chi connectivity index (χ3v) is 3.19. The molecule has 0 aromatic rings. The fraction of sp³-hybridized carbons (Fsp3) is 1.00. The van der Waals surface area contributed by atoms with Crippen LogP contribution < -0.4 is 0 Å². The minimum Gasteiger partial charge on any atom is -0.293 e. The molecular formula is C12H27N. The minimum atomic E-state index is 0.294. The summed E-state index contributed by atoms with van der Waals surface area (Å²) in [6.45, 7) is 18.4. The second-order valence-corrected chi connectivity index (χ2v) is 5.40. The van der Waals surface area contributed by atoms with Crippen molar-refractivity contribution in [2.45, 2.75) is 73.0 Å². The van der Waals surface area contributed by atoms with Crippen LogP contribution >= 0.6 is 0 Å². The van der Waals surface area contributed by atoms with Crippen molar-refractivity contribution in [3.63, 3.8) is 0 Å². The zero-order chi connectivity index (χ0) is 10.8. The molecule has 80 valence electrons. The first-order valence-electron chi connectivity index (χ1n) is 5.49. The van der Waals surface area contributed by atoms with Crippen LogP contribution in [0.2, 0.25) is 0 Å². The van der Waals surface area contributed by atoms with Gasteiger partial charge in [0, 0.05) is 17.6 Å². The number of hydrogen-bond donors (Lipinski definition) is 0. The molecule has 1 heteroatoms. The third-order valence-electron chi connectivity index (χ3n) is 3.19. The van der Waals surface area contributed by atoms with E-state index in [4.69, 9.17) is 0 Å². The van der Waals surface area contributed by atoms with Gasteiger partial charge in [0.25, 0.3) is 0 Å². The molecule has 0 aromatic carbocycles. The summed E-state index contributed by atoms with van der Waals surface area (Å²) in [5, 5.41) is 0. The second kappa shape index (κ2) is 4.45. The highest BCUT2D eigenvalue weighted by atomic mass is 15.2. The van der Waals surface area contributed by atoms with Gasteiger partial charge in [0.15, 0.2) is 0 Å². The number of nitrogens with zero attached hydrogens (tertiary/aromatic N) is 1. The first-order chi connectivity index (χ1) is 5.71. The molecule has 0 rings (SSSR count). The van der Waals surface area contributed by atoms with Gasteiger partial charge in [0.1, 0.15) is 0 Å². The summed E-state index contributed by atoms with van der Waals surface area (Å²) in [5.41, 5.74) is 0.294. The molecule has 0 spiro atoms. The SMILES string of the molecule is CC(C)N(C(C)C)C(C)(C)C(C)C. The van der Waals surface area contributed by atoms with Gasteiger partial charge in [-0.25, -0.2) is 0 Å². The Balaban J connectivity index is 4.73. The zero-order valence-electron chi connectivity index (χ0n) is 10.7. The fourth-order valence-electron chi connectivity index (χ4n) is 2.23. The quantitative estimate of drug-likeness (QED) is 0.647. The molecule has 0 aliphatic rings. The van der Waals surface area contributed by atoms with Crippen molar-refractivity contribution < 1.29 is 0 Å². The predicted molar refractivity (Wildman–Crippen MR) is 61.0 cm³/mol. The van der Waals surface area contributed by atoms with E-state index in [0.717, 1.165) is 0 Å². The molecule has 0 radical (unpaired) electrons. The van der Waals surface area contributed by atoms with Gasteiger partial charge in [-0.2, -0.15) is 0 Å². The normalized spacial score (nSPS) is 13.8. The van der Waals surface area contributed by atoms with E-state index in [1.54, 1.807) is 0 Å². The van der Waals surface area contributed by atoms with Gasteiger partial charge in [-0.1, -0.05) is 13.8 Å². The largest absolute Gasteiger partial charge is 0.293 e. The summed E-state index contributed by atoms with van der Waals surface area (Å²) in [6.07, 6.45) is 0. The van der Waals surface area contributed by atoms with Gasteiger partial charge < -0.3 is 0 Å². The van der Waals surface area contributed by atoms with Crippen LogP contribution in [0.5, 0.6) is 0 Å². The molecule has 0 saturated heterocycles. The smallest absolute Gasteiger partial charge is 0.0181 e. The van der Waals surface area contributed by atoms with E-state index in [2.05, 4.69) is 60.3 Å². The van der Waals surface area contributed by atoms with Crippen molar-refractivity contribution in [3.05, 3.63) is 0 Å². The average molecular weight is 185 g/mol. The lowest BCUT2D eigenvalue weighted by Gasteiger charge is -2.47. The van der Waals surface area contributed by atoms with Crippen molar-refractivity contribution in [2.75, 3.05) is 0 Å². The lowest BCUT2D eigenvalue weighted by molar-refractivity contribution is 0.0181. The summed E-state index contributed by atoms with van der Waals surface area (Å²) in [4.78, 5) is 2.59. The van der Waals surface area contributed by atoms with E-state index in [-0.39, 0.29) is 0 Å². The van der Waals surface area contributed by atoms with Crippen LogP contribution in [0.1, 0.15) is 55.4 Å². The van der Waals surface area contributed by atoms with Gasteiger partial charge >= 0.3 is 0 Å². The molecule has 0 aliphatic heterocycles. The molecule has 0 saturated carbocycles. The van der Waals surface area contributed by atoms with Crippen molar-refractivity contribution in [1.82, 2.24) is 4.90 Å². The van der Waals surface area contributed by atoms with Crippen molar-refractivity contribution in [1.29, 1.82) is 0 Å². The average Bonchev–Trinajstić information content (AvgIpc) is 1.82. The molecule has 1 nitrogen and oxygen atoms in total. The van der Waals surface area contributed by atoms with Crippen LogP contribution in [0.25, 0.3) is 0 Å². The van der Waals surface area contributed by atoms with Gasteiger partial charge in [-0.15, -0.1) is 0 Å². The zero-order valence-corrected chi connectivity index (χ0v) is 10.7. The lowest BCUT2D eigenvalue weighted by atomic mass is 9.86. The second-order valence-electron chi connectivity index (χ2n) is 5.40. The van der Waals surface area contributed by atoms with Crippen LogP contribution in [-0.2, 0) is 0 Å². The number of hydrogen-bond acceptors (Lipinski definition) is 1. The summed E-state index contributed by atoms with van der Waals surface area (Å²) in [6, 6.07) is 1.25. The molecule has 0 aliphatic carbocycles. The van der Waals surface area contributed by atoms with E-state index in [9.17, 15) is 0 Å². The van der Waals surface area contributed by atoms with Crippen LogP contribution in [0.3, 0.4) is 0 Å². The molecule has 0 unspecified atom stereocenters. The van der Waals surface area contributed by atoms with E-state index in [1.807, 2.05) is 0 Å². The Morgan fingerprint density at radius 1 is 0.769 bits per heavy atom. The molecule has 0 aromatic heterocycles. The Morgan fingerprint density at radius 2 is 1.08 bits per heavy atom. The lowest BCUT2D eigenvalue weighted by Crippen LogP contribution is -2.54. The van der Waals surface area contributed by atoms with Gasteiger partial charge in [0.05, 0.1) is 0 Å². The van der Waals surface area contributed by atoms with Gasteiger partial charge in [-0.3, -0.25) is 4.90 Å². The molecular weight excluding hydrogens is 158 g/mol. The van der Waals surface area contributed by atoms with Crippen molar-refractivity contribution >= 4 is 0 Å². The van der Waals surface area contributed by atoms with E-state index < -0.39 is 0 Å². The van der Waals surface area contributed by atoms with Crippen LogP contribution in [-0.4, -0.2) is 22.5 Å². The third kappa shape index (κ3) is 2.98. The maximum Gasteiger partial charge on any atom is 0.0181 e. The Kier molecular flexibility index (Phi) is 4.44. The maximum absolute atomic E-state index is 2.59. The van der Waals surface area contributed by atoms with Crippen molar-refractivity contribution in [2.24, 2.45) is 5.92 Å². The Hall–Kier alpha value is -0.0400. The first kappa shape index (κ1) is 13.0. The van der Waals surface area contributed by atoms with Crippen LogP contribution in [0.4, 0.5) is 0 Å². The summed E-state index contributed by atoms with van der Waals surface area (Å²) in [7, 11) is 0. The highest BCUT2D eigenvalue weighted by Crippen LogP contribution is 2.28. The Labute approximate surface area is 84.5 Å². The van der Waals surface area contributed by atoms with Crippen molar-refractivity contribution in [3.8, 4) is 0 Å². The molecule has 0 bridgehead atoms. The highest BCUT2D eigenvalue weighted by molar-refractivity contribution is 4.88. The highest BCUT2D eigenvalue weighted by Gasteiger charge is 2.33. The van der Waals surface area contributed by atoms with Gasteiger partial charge in [-0.05, 0) is 47.5 Å². The minimum absolute atomic E-state index is 0.294. The summed E-state index contributed by atoms with van der Waals surface area (Å²) in [5.74, 6) is 0.692. The Bertz CT molecular complexity index is 137. The fourth-order valence-corrected chi connectivity index (χ4v) is 2.23. The van der Waals surface area contributed by atoms with Crippen LogP contribution in [0.15, 0.2) is 0 Å². The molecule has 13 heavy (non-hydrogen) atoms.